The van der Waals surface area contributed by atoms with Crippen molar-refractivity contribution in [1.82, 2.24) is 10.2 Å². The fourth-order valence-corrected chi connectivity index (χ4v) is 3.67. The summed E-state index contributed by atoms with van der Waals surface area (Å²) < 4.78 is 34.2. The summed E-state index contributed by atoms with van der Waals surface area (Å²) in [5.41, 5.74) is 1.46. The van der Waals surface area contributed by atoms with Crippen LogP contribution in [0.25, 0.3) is 6.08 Å². The van der Waals surface area contributed by atoms with Crippen LogP contribution in [-0.4, -0.2) is 48.3 Å². The third kappa shape index (κ3) is 6.30. The summed E-state index contributed by atoms with van der Waals surface area (Å²) >= 11 is 0.769. The molecule has 168 valence electrons. The average molecular weight is 462 g/mol. The predicted octanol–water partition coefficient (Wildman–Crippen LogP) is 3.83. The molecule has 0 aliphatic carbocycles. The number of amides is 3. The molecule has 0 spiro atoms. The van der Waals surface area contributed by atoms with Gasteiger partial charge in [0, 0.05) is 13.1 Å². The fourth-order valence-electron chi connectivity index (χ4n) is 2.81. The highest BCUT2D eigenvalue weighted by molar-refractivity contribution is 8.18. The molecule has 2 aromatic rings. The monoisotopic (exact) mass is 462 g/mol. The molecule has 3 rings (SSSR count). The summed E-state index contributed by atoms with van der Waals surface area (Å²) in [6.45, 7) is -1.14. The molecule has 0 bridgehead atoms. The maximum atomic E-state index is 12.5. The molecule has 1 aliphatic rings. The van der Waals surface area contributed by atoms with Crippen molar-refractivity contribution in [3.05, 3.63) is 64.6 Å². The van der Waals surface area contributed by atoms with Crippen molar-refractivity contribution in [1.29, 1.82) is 0 Å². The number of hydrogen-bond donors (Lipinski definition) is 1. The maximum absolute atomic E-state index is 12.5. The van der Waals surface area contributed by atoms with Gasteiger partial charge in [0.25, 0.3) is 17.1 Å². The van der Waals surface area contributed by atoms with Gasteiger partial charge >= 0.3 is 6.61 Å². The second-order valence-corrected chi connectivity index (χ2v) is 7.68. The van der Waals surface area contributed by atoms with Crippen molar-refractivity contribution in [2.24, 2.45) is 0 Å². The normalized spacial score (nSPS) is 14.9. The summed E-state index contributed by atoms with van der Waals surface area (Å²) in [5.74, 6) is -0.264. The molecular formula is C22H20F2N2O5S. The molecule has 1 heterocycles. The number of nitrogens with zero attached hydrogens (tertiary/aromatic N) is 1. The molecule has 1 aliphatic heterocycles. The van der Waals surface area contributed by atoms with Crippen LogP contribution in [-0.2, 0) is 9.59 Å². The van der Waals surface area contributed by atoms with Crippen LogP contribution in [0.4, 0.5) is 13.6 Å². The highest BCUT2D eigenvalue weighted by atomic mass is 32.2. The number of aryl methyl sites for hydroxylation is 1. The Morgan fingerprint density at radius 2 is 1.88 bits per heavy atom. The number of rotatable bonds is 9. The molecule has 0 saturated carbocycles. The first-order valence-electron chi connectivity index (χ1n) is 9.59. The van der Waals surface area contributed by atoms with Gasteiger partial charge in [-0.25, -0.2) is 0 Å². The molecule has 10 heteroatoms. The third-order valence-electron chi connectivity index (χ3n) is 4.39. The lowest BCUT2D eigenvalue weighted by atomic mass is 10.2. The van der Waals surface area contributed by atoms with E-state index < -0.39 is 17.8 Å². The SMILES string of the molecule is Cc1ccccc1OCC(=O)NCCN1C(=O)S/C(=C\c2ccc(OC(F)F)cc2)C1=O. The Morgan fingerprint density at radius 3 is 2.56 bits per heavy atom. The average Bonchev–Trinajstić information content (AvgIpc) is 3.01. The van der Waals surface area contributed by atoms with E-state index in [0.717, 1.165) is 22.2 Å². The topological polar surface area (TPSA) is 84.9 Å². The number of carbonyl (C=O) groups is 3. The largest absolute Gasteiger partial charge is 0.484 e. The van der Waals surface area contributed by atoms with E-state index in [2.05, 4.69) is 10.1 Å². The highest BCUT2D eigenvalue weighted by Gasteiger charge is 2.34. The van der Waals surface area contributed by atoms with Crippen molar-refractivity contribution in [3.63, 3.8) is 0 Å². The van der Waals surface area contributed by atoms with E-state index in [-0.39, 0.29) is 36.3 Å². The Morgan fingerprint density at radius 1 is 1.16 bits per heavy atom. The first kappa shape index (κ1) is 23.3. The highest BCUT2D eigenvalue weighted by Crippen LogP contribution is 2.32. The van der Waals surface area contributed by atoms with Gasteiger partial charge in [-0.2, -0.15) is 8.78 Å². The van der Waals surface area contributed by atoms with E-state index in [0.29, 0.717) is 11.3 Å². The molecule has 0 radical (unpaired) electrons. The van der Waals surface area contributed by atoms with Crippen molar-refractivity contribution in [3.8, 4) is 11.5 Å². The van der Waals surface area contributed by atoms with Gasteiger partial charge in [0.15, 0.2) is 6.61 Å². The molecule has 3 amide bonds. The predicted molar refractivity (Wildman–Crippen MR) is 115 cm³/mol. The van der Waals surface area contributed by atoms with Crippen molar-refractivity contribution in [2.45, 2.75) is 13.5 Å². The number of para-hydroxylation sites is 1. The Bertz CT molecular complexity index is 1030. The third-order valence-corrected chi connectivity index (χ3v) is 5.29. The second kappa shape index (κ2) is 10.8. The number of carbonyl (C=O) groups excluding carboxylic acids is 3. The van der Waals surface area contributed by atoms with Gasteiger partial charge < -0.3 is 14.8 Å². The van der Waals surface area contributed by atoms with Crippen LogP contribution in [0, 0.1) is 6.92 Å². The smallest absolute Gasteiger partial charge is 0.387 e. The lowest BCUT2D eigenvalue weighted by molar-refractivity contribution is -0.125. The lowest BCUT2D eigenvalue weighted by Crippen LogP contribution is -2.38. The van der Waals surface area contributed by atoms with E-state index >= 15 is 0 Å². The number of alkyl halides is 2. The lowest BCUT2D eigenvalue weighted by Gasteiger charge is -2.13. The van der Waals surface area contributed by atoms with E-state index in [1.807, 2.05) is 19.1 Å². The molecular weight excluding hydrogens is 442 g/mol. The minimum absolute atomic E-state index is 0.00704. The van der Waals surface area contributed by atoms with Crippen LogP contribution >= 0.6 is 11.8 Å². The number of thioether (sulfide) groups is 1. The molecule has 0 aromatic heterocycles. The van der Waals surface area contributed by atoms with Crippen LogP contribution in [0.2, 0.25) is 0 Å². The zero-order chi connectivity index (χ0) is 23.1. The van der Waals surface area contributed by atoms with Crippen molar-refractivity contribution >= 4 is 34.9 Å². The summed E-state index contributed by atoms with van der Waals surface area (Å²) in [6, 6.07) is 13.0. The first-order chi connectivity index (χ1) is 15.3. The zero-order valence-corrected chi connectivity index (χ0v) is 17.9. The van der Waals surface area contributed by atoms with Crippen LogP contribution in [0.5, 0.6) is 11.5 Å². The quantitative estimate of drug-likeness (QED) is 0.571. The summed E-state index contributed by atoms with van der Waals surface area (Å²) in [6.07, 6.45) is 1.49. The molecule has 2 aromatic carbocycles. The van der Waals surface area contributed by atoms with E-state index in [1.165, 1.54) is 30.3 Å². The van der Waals surface area contributed by atoms with Crippen molar-refractivity contribution < 1.29 is 32.6 Å². The molecule has 1 fully saturated rings. The van der Waals surface area contributed by atoms with Crippen molar-refractivity contribution in [2.75, 3.05) is 19.7 Å². The number of ether oxygens (including phenoxy) is 2. The maximum Gasteiger partial charge on any atom is 0.387 e. The number of halogens is 2. The standard InChI is InChI=1S/C22H20F2N2O5S/c1-14-4-2-3-5-17(14)30-13-19(27)25-10-11-26-20(28)18(32-22(26)29)12-15-6-8-16(9-7-15)31-21(23)24/h2-9,12,21H,10-11,13H2,1H3,(H,25,27)/b18-12-. The van der Waals surface area contributed by atoms with Crippen LogP contribution in [0.1, 0.15) is 11.1 Å². The fraction of sp³-hybridized carbons (Fsp3) is 0.227. The summed E-state index contributed by atoms with van der Waals surface area (Å²) in [5, 5.41) is 2.16. The summed E-state index contributed by atoms with van der Waals surface area (Å²) in [4.78, 5) is 37.9. The number of imide groups is 1. The number of nitrogens with one attached hydrogen (secondary N) is 1. The van der Waals surface area contributed by atoms with Gasteiger partial charge in [0.2, 0.25) is 0 Å². The Kier molecular flexibility index (Phi) is 7.82. The van der Waals surface area contributed by atoms with Crippen LogP contribution in [0.3, 0.4) is 0 Å². The second-order valence-electron chi connectivity index (χ2n) is 6.69. The molecule has 0 atom stereocenters. The molecule has 32 heavy (non-hydrogen) atoms. The van der Waals surface area contributed by atoms with Crippen LogP contribution in [0.15, 0.2) is 53.4 Å². The van der Waals surface area contributed by atoms with Gasteiger partial charge in [-0.05, 0) is 54.1 Å². The molecule has 1 N–H and O–H groups in total. The Balaban J connectivity index is 1.48. The van der Waals surface area contributed by atoms with E-state index in [9.17, 15) is 23.2 Å². The number of benzene rings is 2. The van der Waals surface area contributed by atoms with E-state index in [1.54, 1.807) is 12.1 Å². The van der Waals surface area contributed by atoms with Gasteiger partial charge in [-0.1, -0.05) is 30.3 Å². The molecule has 1 saturated heterocycles. The summed E-state index contributed by atoms with van der Waals surface area (Å²) in [7, 11) is 0. The van der Waals surface area contributed by atoms with Gasteiger partial charge in [-0.3, -0.25) is 19.3 Å². The van der Waals surface area contributed by atoms with Gasteiger partial charge in [0.05, 0.1) is 4.91 Å². The number of hydrogen-bond acceptors (Lipinski definition) is 6. The Hall–Kier alpha value is -3.40. The minimum atomic E-state index is -2.92. The Labute approximate surface area is 187 Å². The van der Waals surface area contributed by atoms with Gasteiger partial charge in [0.1, 0.15) is 11.5 Å². The van der Waals surface area contributed by atoms with Gasteiger partial charge in [-0.15, -0.1) is 0 Å². The van der Waals surface area contributed by atoms with Crippen LogP contribution < -0.4 is 14.8 Å². The first-order valence-corrected chi connectivity index (χ1v) is 10.4. The molecule has 0 unspecified atom stereocenters. The molecule has 7 nitrogen and oxygen atoms in total. The minimum Gasteiger partial charge on any atom is -0.484 e. The zero-order valence-electron chi connectivity index (χ0n) is 17.0. The van der Waals surface area contributed by atoms with E-state index in [4.69, 9.17) is 4.74 Å².